The summed E-state index contributed by atoms with van der Waals surface area (Å²) in [5.74, 6) is 3.39. The number of thioether (sulfide) groups is 1. The van der Waals surface area contributed by atoms with Crippen molar-refractivity contribution in [1.82, 2.24) is 5.32 Å². The molecule has 1 N–H and O–H groups in total. The molecule has 19 heavy (non-hydrogen) atoms. The summed E-state index contributed by atoms with van der Waals surface area (Å²) >= 11 is 2.02. The number of benzene rings is 1. The third kappa shape index (κ3) is 6.88. The van der Waals surface area contributed by atoms with E-state index in [1.807, 2.05) is 23.9 Å². The first-order chi connectivity index (χ1) is 9.15. The Morgan fingerprint density at radius 2 is 1.84 bits per heavy atom. The van der Waals surface area contributed by atoms with Crippen molar-refractivity contribution in [3.63, 3.8) is 0 Å². The monoisotopic (exact) mass is 281 g/mol. The van der Waals surface area contributed by atoms with E-state index in [0.29, 0.717) is 12.1 Å². The Morgan fingerprint density at radius 1 is 1.16 bits per heavy atom. The van der Waals surface area contributed by atoms with Gasteiger partial charge in [0.25, 0.3) is 0 Å². The van der Waals surface area contributed by atoms with Gasteiger partial charge in [0.05, 0.1) is 7.11 Å². The van der Waals surface area contributed by atoms with Gasteiger partial charge < -0.3 is 10.1 Å². The molecule has 0 aromatic heterocycles. The van der Waals surface area contributed by atoms with Crippen molar-refractivity contribution in [2.24, 2.45) is 0 Å². The molecule has 0 amide bonds. The van der Waals surface area contributed by atoms with E-state index in [9.17, 15) is 0 Å². The van der Waals surface area contributed by atoms with Crippen LogP contribution in [0.1, 0.15) is 32.8 Å². The number of hydrogen-bond donors (Lipinski definition) is 1. The molecule has 0 spiro atoms. The molecule has 0 heterocycles. The lowest BCUT2D eigenvalue weighted by molar-refractivity contribution is 0.414. The average Bonchev–Trinajstić information content (AvgIpc) is 2.39. The number of methoxy groups -OCH3 is 1. The summed E-state index contributed by atoms with van der Waals surface area (Å²) in [5.41, 5.74) is 1.36. The second-order valence-electron chi connectivity index (χ2n) is 5.01. The molecule has 108 valence electrons. The summed E-state index contributed by atoms with van der Waals surface area (Å²) in [7, 11) is 1.70. The van der Waals surface area contributed by atoms with Crippen LogP contribution in [0.15, 0.2) is 24.3 Å². The van der Waals surface area contributed by atoms with Gasteiger partial charge in [0.2, 0.25) is 0 Å². The number of ether oxygens (including phenoxy) is 1. The van der Waals surface area contributed by atoms with Gasteiger partial charge >= 0.3 is 0 Å². The smallest absolute Gasteiger partial charge is 0.118 e. The van der Waals surface area contributed by atoms with Crippen LogP contribution in [0.4, 0.5) is 0 Å². The minimum atomic E-state index is 0.509. The van der Waals surface area contributed by atoms with Crippen molar-refractivity contribution in [3.8, 4) is 5.75 Å². The summed E-state index contributed by atoms with van der Waals surface area (Å²) in [4.78, 5) is 0. The summed E-state index contributed by atoms with van der Waals surface area (Å²) in [6.07, 6.45) is 2.31. The Kier molecular flexibility index (Phi) is 7.99. The molecule has 2 atom stereocenters. The lowest BCUT2D eigenvalue weighted by Gasteiger charge is -2.20. The maximum atomic E-state index is 5.18. The van der Waals surface area contributed by atoms with Crippen molar-refractivity contribution in [2.75, 3.05) is 18.6 Å². The van der Waals surface area contributed by atoms with Crippen molar-refractivity contribution in [1.29, 1.82) is 0 Å². The van der Waals surface area contributed by atoms with Crippen LogP contribution in [-0.2, 0) is 6.42 Å². The third-order valence-corrected chi connectivity index (χ3v) is 4.10. The standard InChI is InChI=1S/C16H27NOS/c1-5-19-11-10-13(2)17-14(3)12-15-6-8-16(18-4)9-7-15/h6-9,13-14,17H,5,10-12H2,1-4H3. The first-order valence-electron chi connectivity index (χ1n) is 7.12. The van der Waals surface area contributed by atoms with Gasteiger partial charge in [-0.05, 0) is 55.9 Å². The lowest BCUT2D eigenvalue weighted by Crippen LogP contribution is -2.36. The number of rotatable bonds is 9. The first-order valence-corrected chi connectivity index (χ1v) is 8.27. The van der Waals surface area contributed by atoms with E-state index >= 15 is 0 Å². The fraction of sp³-hybridized carbons (Fsp3) is 0.625. The molecule has 0 aliphatic carbocycles. The Balaban J connectivity index is 2.30. The van der Waals surface area contributed by atoms with Gasteiger partial charge in [-0.15, -0.1) is 0 Å². The molecule has 0 saturated heterocycles. The highest BCUT2D eigenvalue weighted by molar-refractivity contribution is 7.99. The molecule has 0 aliphatic rings. The second kappa shape index (κ2) is 9.27. The maximum absolute atomic E-state index is 5.18. The predicted octanol–water partition coefficient (Wildman–Crippen LogP) is 3.75. The van der Waals surface area contributed by atoms with E-state index in [1.165, 1.54) is 23.5 Å². The van der Waals surface area contributed by atoms with Crippen LogP contribution in [0.2, 0.25) is 0 Å². The van der Waals surface area contributed by atoms with Crippen LogP contribution in [-0.4, -0.2) is 30.7 Å². The van der Waals surface area contributed by atoms with E-state index in [-0.39, 0.29) is 0 Å². The SMILES string of the molecule is CCSCCC(C)NC(C)Cc1ccc(OC)cc1. The summed E-state index contributed by atoms with van der Waals surface area (Å²) < 4.78 is 5.18. The van der Waals surface area contributed by atoms with Crippen LogP contribution in [0.5, 0.6) is 5.75 Å². The minimum Gasteiger partial charge on any atom is -0.497 e. The Labute approximate surface area is 122 Å². The largest absolute Gasteiger partial charge is 0.497 e. The van der Waals surface area contributed by atoms with Crippen LogP contribution in [0.25, 0.3) is 0 Å². The van der Waals surface area contributed by atoms with E-state index in [2.05, 4.69) is 38.2 Å². The summed E-state index contributed by atoms with van der Waals surface area (Å²) in [5, 5.41) is 3.67. The van der Waals surface area contributed by atoms with Gasteiger partial charge in [0, 0.05) is 12.1 Å². The van der Waals surface area contributed by atoms with E-state index < -0.39 is 0 Å². The number of nitrogens with one attached hydrogen (secondary N) is 1. The number of hydrogen-bond acceptors (Lipinski definition) is 3. The highest BCUT2D eigenvalue weighted by Gasteiger charge is 2.08. The zero-order valence-electron chi connectivity index (χ0n) is 12.6. The van der Waals surface area contributed by atoms with Gasteiger partial charge in [-0.3, -0.25) is 0 Å². The van der Waals surface area contributed by atoms with Crippen LogP contribution >= 0.6 is 11.8 Å². The molecule has 0 fully saturated rings. The zero-order valence-corrected chi connectivity index (χ0v) is 13.4. The van der Waals surface area contributed by atoms with Gasteiger partial charge in [-0.2, -0.15) is 11.8 Å². The topological polar surface area (TPSA) is 21.3 Å². The fourth-order valence-electron chi connectivity index (χ4n) is 2.15. The Morgan fingerprint density at radius 3 is 2.42 bits per heavy atom. The molecule has 0 saturated carbocycles. The van der Waals surface area contributed by atoms with Crippen LogP contribution < -0.4 is 10.1 Å². The summed E-state index contributed by atoms with van der Waals surface area (Å²) in [6, 6.07) is 9.46. The predicted molar refractivity (Wildman–Crippen MR) is 86.4 cm³/mol. The fourth-order valence-corrected chi connectivity index (χ4v) is 2.96. The van der Waals surface area contributed by atoms with Crippen molar-refractivity contribution in [3.05, 3.63) is 29.8 Å². The average molecular weight is 281 g/mol. The van der Waals surface area contributed by atoms with Gasteiger partial charge in [-0.1, -0.05) is 19.1 Å². The molecule has 2 nitrogen and oxygen atoms in total. The molecule has 0 radical (unpaired) electrons. The first kappa shape index (κ1) is 16.4. The molecule has 2 unspecified atom stereocenters. The highest BCUT2D eigenvalue weighted by Crippen LogP contribution is 2.13. The van der Waals surface area contributed by atoms with E-state index in [4.69, 9.17) is 4.74 Å². The molecule has 1 aromatic carbocycles. The van der Waals surface area contributed by atoms with Crippen LogP contribution in [0, 0.1) is 0 Å². The second-order valence-corrected chi connectivity index (χ2v) is 6.40. The molecular weight excluding hydrogens is 254 g/mol. The molecule has 3 heteroatoms. The Hall–Kier alpha value is -0.670. The van der Waals surface area contributed by atoms with Gasteiger partial charge in [0.1, 0.15) is 5.75 Å². The molecule has 0 bridgehead atoms. The van der Waals surface area contributed by atoms with Crippen molar-refractivity contribution < 1.29 is 4.74 Å². The van der Waals surface area contributed by atoms with Crippen molar-refractivity contribution in [2.45, 2.75) is 45.7 Å². The van der Waals surface area contributed by atoms with E-state index in [0.717, 1.165) is 12.2 Å². The zero-order chi connectivity index (χ0) is 14.1. The summed E-state index contributed by atoms with van der Waals surface area (Å²) in [6.45, 7) is 6.75. The van der Waals surface area contributed by atoms with Crippen LogP contribution in [0.3, 0.4) is 0 Å². The maximum Gasteiger partial charge on any atom is 0.118 e. The quantitative estimate of drug-likeness (QED) is 0.697. The van der Waals surface area contributed by atoms with Gasteiger partial charge in [-0.25, -0.2) is 0 Å². The molecule has 1 aromatic rings. The molecule has 1 rings (SSSR count). The molecular formula is C16H27NOS. The third-order valence-electron chi connectivity index (χ3n) is 3.17. The lowest BCUT2D eigenvalue weighted by atomic mass is 10.1. The van der Waals surface area contributed by atoms with E-state index in [1.54, 1.807) is 7.11 Å². The minimum absolute atomic E-state index is 0.509. The molecule has 0 aliphatic heterocycles. The highest BCUT2D eigenvalue weighted by atomic mass is 32.2. The van der Waals surface area contributed by atoms with Gasteiger partial charge in [0.15, 0.2) is 0 Å². The normalized spacial score (nSPS) is 14.1. The Bertz CT molecular complexity index is 339. The van der Waals surface area contributed by atoms with Crippen molar-refractivity contribution >= 4 is 11.8 Å².